The molecule has 0 amide bonds. The highest BCUT2D eigenvalue weighted by atomic mass is 31.2. The molecule has 4 heteroatoms. The molecule has 0 aromatic rings. The first-order valence-corrected chi connectivity index (χ1v) is 33.3. The minimum absolute atomic E-state index is 0.320. The van der Waals surface area contributed by atoms with Crippen LogP contribution in [0.15, 0.2) is 0 Å². The van der Waals surface area contributed by atoms with E-state index in [0.29, 0.717) is 12.8 Å². The van der Waals surface area contributed by atoms with Gasteiger partial charge in [0, 0.05) is 6.16 Å². The maximum Gasteiger partial charge on any atom is 0.328 e. The van der Waals surface area contributed by atoms with Crippen LogP contribution in [-0.4, -0.2) is 17.7 Å². The van der Waals surface area contributed by atoms with Crippen molar-refractivity contribution in [2.24, 2.45) is 0 Å². The molecule has 0 rings (SSSR count). The molecule has 0 saturated heterocycles. The zero-order valence-corrected chi connectivity index (χ0v) is 47.0. The van der Waals surface area contributed by atoms with Gasteiger partial charge in [0.15, 0.2) is 0 Å². The Balaban J connectivity index is 3.09. The maximum atomic E-state index is 11.7. The summed E-state index contributed by atoms with van der Waals surface area (Å²) in [6.07, 6.45) is 84.0. The highest BCUT2D eigenvalue weighted by Crippen LogP contribution is 2.42. The molecule has 3 nitrogen and oxygen atoms in total. The van der Waals surface area contributed by atoms with Gasteiger partial charge in [-0.2, -0.15) is 0 Å². The van der Waals surface area contributed by atoms with Crippen LogP contribution in [-0.2, 0) is 9.09 Å². The molecular weight excluding hydrogens is 824 g/mol. The van der Waals surface area contributed by atoms with Gasteiger partial charge in [-0.3, -0.25) is 4.57 Å². The summed E-state index contributed by atoms with van der Waals surface area (Å²) in [6.45, 7) is 4.41. The fraction of sp³-hybridized carbons (Fsp3) is 1.00. The van der Waals surface area contributed by atoms with E-state index in [0.717, 1.165) is 12.8 Å². The molecule has 0 aliphatic carbocycles. The Labute approximate surface area is 418 Å². The third kappa shape index (κ3) is 60.3. The van der Waals surface area contributed by atoms with Crippen LogP contribution in [0.25, 0.3) is 0 Å². The highest BCUT2D eigenvalue weighted by molar-refractivity contribution is 7.52. The number of hydrogen-bond donors (Lipinski definition) is 1. The van der Waals surface area contributed by atoms with Crippen LogP contribution in [0.3, 0.4) is 0 Å². The second kappa shape index (κ2) is 59.5. The minimum Gasteiger partial charge on any atom is -0.324 e. The van der Waals surface area contributed by atoms with E-state index in [1.807, 2.05) is 0 Å². The van der Waals surface area contributed by atoms with Gasteiger partial charge in [0.2, 0.25) is 0 Å². The van der Waals surface area contributed by atoms with Crippen LogP contribution in [0, 0.1) is 0 Å². The Hall–Kier alpha value is 0.150. The van der Waals surface area contributed by atoms with Gasteiger partial charge in [-0.25, -0.2) is 0 Å². The summed E-state index contributed by atoms with van der Waals surface area (Å²) in [5.74, 6) is 0. The van der Waals surface area contributed by atoms with E-state index in [2.05, 4.69) is 6.92 Å². The summed E-state index contributed by atoms with van der Waals surface area (Å²) in [4.78, 5) is 9.61. The van der Waals surface area contributed by atoms with Gasteiger partial charge < -0.3 is 9.42 Å². The first kappa shape index (κ1) is 66.2. The Morgan fingerprint density at radius 2 is 0.348 bits per heavy atom. The van der Waals surface area contributed by atoms with Crippen molar-refractivity contribution in [1.29, 1.82) is 0 Å². The van der Waals surface area contributed by atoms with Crippen LogP contribution in [0.5, 0.6) is 0 Å². The average molecular weight is 952 g/mol. The van der Waals surface area contributed by atoms with Crippen molar-refractivity contribution in [2.45, 2.75) is 386 Å². The van der Waals surface area contributed by atoms with Crippen molar-refractivity contribution < 1.29 is 14.0 Å². The van der Waals surface area contributed by atoms with E-state index in [-0.39, 0.29) is 0 Å². The van der Waals surface area contributed by atoms with E-state index in [9.17, 15) is 9.46 Å². The van der Waals surface area contributed by atoms with Gasteiger partial charge in [0.05, 0.1) is 6.61 Å². The molecule has 0 spiro atoms. The Morgan fingerprint density at radius 1 is 0.227 bits per heavy atom. The number of unbranched alkanes of at least 4 members (excludes halogenated alkanes) is 57. The topological polar surface area (TPSA) is 46.5 Å². The molecule has 1 atom stereocenters. The lowest BCUT2D eigenvalue weighted by Crippen LogP contribution is -1.94. The summed E-state index contributed by atoms with van der Waals surface area (Å²) >= 11 is 0. The largest absolute Gasteiger partial charge is 0.328 e. The van der Waals surface area contributed by atoms with Gasteiger partial charge in [-0.05, 0) is 13.3 Å². The molecule has 1 unspecified atom stereocenters. The standard InChI is InChI=1S/C62H127O3P/c1-3-5-6-7-8-9-10-11-12-13-14-15-16-17-18-19-20-21-22-23-24-25-26-27-28-29-30-31-32-33-34-35-36-37-38-39-40-41-42-43-44-45-46-47-48-49-50-51-52-53-54-55-56-57-58-59-60-61-62-66(63,64)65-4-2/h3-62H2,1-2H3,(H,63,64). The van der Waals surface area contributed by atoms with Crippen LogP contribution in [0.2, 0.25) is 0 Å². The van der Waals surface area contributed by atoms with Crippen molar-refractivity contribution in [2.75, 3.05) is 12.8 Å². The van der Waals surface area contributed by atoms with E-state index >= 15 is 0 Å². The Kier molecular flexibility index (Phi) is 59.6. The fourth-order valence-corrected chi connectivity index (χ4v) is 11.7. The lowest BCUT2D eigenvalue weighted by Gasteiger charge is -2.10. The van der Waals surface area contributed by atoms with Crippen molar-refractivity contribution >= 4 is 7.60 Å². The summed E-state index contributed by atoms with van der Waals surface area (Å²) in [7, 11) is -3.30. The summed E-state index contributed by atoms with van der Waals surface area (Å²) in [5.41, 5.74) is 0. The molecule has 66 heavy (non-hydrogen) atoms. The summed E-state index contributed by atoms with van der Waals surface area (Å²) < 4.78 is 16.6. The molecule has 0 aromatic heterocycles. The predicted molar refractivity (Wildman–Crippen MR) is 300 cm³/mol. The molecule has 1 N–H and O–H groups in total. The Bertz CT molecular complexity index is 892. The van der Waals surface area contributed by atoms with Gasteiger partial charge in [0.1, 0.15) is 0 Å². The average Bonchev–Trinajstić information content (AvgIpc) is 3.31. The Morgan fingerprint density at radius 3 is 0.470 bits per heavy atom. The molecule has 398 valence electrons. The highest BCUT2D eigenvalue weighted by Gasteiger charge is 2.17. The molecule has 0 fully saturated rings. The molecule has 0 aliphatic rings. The van der Waals surface area contributed by atoms with Gasteiger partial charge in [-0.1, -0.05) is 373 Å². The van der Waals surface area contributed by atoms with Crippen LogP contribution in [0.1, 0.15) is 386 Å². The quantitative estimate of drug-likeness (QED) is 0.0488. The third-order valence-electron chi connectivity index (χ3n) is 15.1. The zero-order valence-electron chi connectivity index (χ0n) is 46.1. The first-order valence-electron chi connectivity index (χ1n) is 31.6. The van der Waals surface area contributed by atoms with E-state index < -0.39 is 7.60 Å². The molecule has 0 saturated carbocycles. The van der Waals surface area contributed by atoms with E-state index in [1.54, 1.807) is 6.92 Å². The zero-order chi connectivity index (χ0) is 47.6. The first-order chi connectivity index (χ1) is 32.6. The molecule has 0 aromatic carbocycles. The lowest BCUT2D eigenvalue weighted by molar-refractivity contribution is 0.272. The third-order valence-corrected chi connectivity index (χ3v) is 16.7. The van der Waals surface area contributed by atoms with Crippen LogP contribution >= 0.6 is 7.60 Å². The van der Waals surface area contributed by atoms with Crippen molar-refractivity contribution in [3.63, 3.8) is 0 Å². The molecule has 0 radical (unpaired) electrons. The van der Waals surface area contributed by atoms with E-state index in [1.165, 1.54) is 360 Å². The molecule has 0 bridgehead atoms. The molecule has 0 aliphatic heterocycles. The lowest BCUT2D eigenvalue weighted by atomic mass is 10.0. The minimum atomic E-state index is -3.30. The SMILES string of the molecule is CCCCCCCCCCCCCCCCCCCCCCCCCCCCCCCCCCCCCCCCCCCCCCCCCCCCCCCCCCCCP(=O)(O)OCC. The van der Waals surface area contributed by atoms with Crippen molar-refractivity contribution in [3.8, 4) is 0 Å². The van der Waals surface area contributed by atoms with Gasteiger partial charge >= 0.3 is 7.60 Å². The number of hydrogen-bond acceptors (Lipinski definition) is 2. The van der Waals surface area contributed by atoms with Gasteiger partial charge in [-0.15, -0.1) is 0 Å². The van der Waals surface area contributed by atoms with Crippen molar-refractivity contribution in [3.05, 3.63) is 0 Å². The van der Waals surface area contributed by atoms with Crippen LogP contribution in [0.4, 0.5) is 0 Å². The second-order valence-corrected chi connectivity index (χ2v) is 23.9. The smallest absolute Gasteiger partial charge is 0.324 e. The normalized spacial score (nSPS) is 12.7. The molecule has 0 heterocycles. The summed E-state index contributed by atoms with van der Waals surface area (Å²) in [6, 6.07) is 0. The number of rotatable bonds is 61. The van der Waals surface area contributed by atoms with E-state index in [4.69, 9.17) is 4.52 Å². The predicted octanol–water partition coefficient (Wildman–Crippen LogP) is 23.9. The summed E-state index contributed by atoms with van der Waals surface area (Å²) in [5, 5.41) is 0. The van der Waals surface area contributed by atoms with Crippen molar-refractivity contribution in [1.82, 2.24) is 0 Å². The van der Waals surface area contributed by atoms with Gasteiger partial charge in [0.25, 0.3) is 0 Å². The monoisotopic (exact) mass is 951 g/mol. The fourth-order valence-electron chi connectivity index (χ4n) is 10.6. The maximum absolute atomic E-state index is 11.7. The second-order valence-electron chi connectivity index (χ2n) is 21.9. The van der Waals surface area contributed by atoms with Crippen LogP contribution < -0.4 is 0 Å². The molecular formula is C62H127O3P.